The van der Waals surface area contributed by atoms with Crippen molar-refractivity contribution >= 4 is 28.1 Å². The number of hydrogen-bond donors (Lipinski definition) is 3. The molecule has 0 radical (unpaired) electrons. The van der Waals surface area contributed by atoms with E-state index in [9.17, 15) is 4.79 Å². The molecule has 0 saturated carbocycles. The van der Waals surface area contributed by atoms with E-state index in [-0.39, 0.29) is 5.91 Å². The van der Waals surface area contributed by atoms with Crippen molar-refractivity contribution in [1.82, 2.24) is 10.7 Å². The van der Waals surface area contributed by atoms with E-state index >= 15 is 0 Å². The normalized spacial score (nSPS) is 17.0. The number of nitrogens with two attached hydrogens (primary N) is 1. The fourth-order valence-electron chi connectivity index (χ4n) is 3.01. The van der Waals surface area contributed by atoms with Crippen molar-refractivity contribution in [2.24, 2.45) is 5.84 Å². The standard InChI is InChI=1S/C18H16N4O/c19-21-18-20-17(23)15-7-3-4-8-16(15)22(18)14-10-9-12-5-1-2-6-13(12)11-14/h1-11,18,21H,19H2,(H,20,23). The van der Waals surface area contributed by atoms with Gasteiger partial charge in [-0.1, -0.05) is 42.5 Å². The average Bonchev–Trinajstić information content (AvgIpc) is 2.61. The third-order valence-corrected chi connectivity index (χ3v) is 4.10. The maximum atomic E-state index is 12.2. The van der Waals surface area contributed by atoms with Crippen LogP contribution in [0.25, 0.3) is 10.8 Å². The van der Waals surface area contributed by atoms with Gasteiger partial charge in [0.1, 0.15) is 0 Å². The second-order valence-electron chi connectivity index (χ2n) is 5.46. The molecule has 5 heteroatoms. The predicted octanol–water partition coefficient (Wildman–Crippen LogP) is 2.47. The van der Waals surface area contributed by atoms with Gasteiger partial charge in [-0.15, -0.1) is 0 Å². The first kappa shape index (κ1) is 13.8. The molecular weight excluding hydrogens is 288 g/mol. The summed E-state index contributed by atoms with van der Waals surface area (Å²) in [6, 6.07) is 21.9. The van der Waals surface area contributed by atoms with Crippen LogP contribution in [0.1, 0.15) is 10.4 Å². The minimum Gasteiger partial charge on any atom is -0.318 e. The molecule has 3 aromatic carbocycles. The van der Waals surface area contributed by atoms with Gasteiger partial charge in [0.2, 0.25) is 0 Å². The average molecular weight is 304 g/mol. The third-order valence-electron chi connectivity index (χ3n) is 4.10. The molecule has 0 spiro atoms. The molecular formula is C18H16N4O. The largest absolute Gasteiger partial charge is 0.318 e. The quantitative estimate of drug-likeness (QED) is 0.502. The van der Waals surface area contributed by atoms with Gasteiger partial charge in [0, 0.05) is 5.69 Å². The predicted molar refractivity (Wildman–Crippen MR) is 91.1 cm³/mol. The van der Waals surface area contributed by atoms with Crippen LogP contribution >= 0.6 is 0 Å². The monoisotopic (exact) mass is 304 g/mol. The van der Waals surface area contributed by atoms with Crippen LogP contribution in [-0.4, -0.2) is 12.2 Å². The first-order chi connectivity index (χ1) is 11.3. The molecule has 1 atom stereocenters. The minimum atomic E-state index is -0.501. The van der Waals surface area contributed by atoms with Gasteiger partial charge >= 0.3 is 0 Å². The van der Waals surface area contributed by atoms with Gasteiger partial charge in [0.05, 0.1) is 11.3 Å². The number of nitrogens with one attached hydrogen (secondary N) is 2. The van der Waals surface area contributed by atoms with Crippen LogP contribution in [0.2, 0.25) is 0 Å². The number of amides is 1. The van der Waals surface area contributed by atoms with E-state index in [0.717, 1.165) is 16.8 Å². The molecule has 0 fully saturated rings. The Morgan fingerprint density at radius 3 is 2.52 bits per heavy atom. The smallest absolute Gasteiger partial charge is 0.256 e. The number of anilines is 2. The van der Waals surface area contributed by atoms with Gasteiger partial charge in [0.25, 0.3) is 5.91 Å². The molecule has 0 bridgehead atoms. The molecule has 3 aromatic rings. The molecule has 1 heterocycles. The second-order valence-corrected chi connectivity index (χ2v) is 5.46. The number of benzene rings is 3. The highest BCUT2D eigenvalue weighted by Crippen LogP contribution is 2.34. The lowest BCUT2D eigenvalue weighted by Crippen LogP contribution is -2.60. The Hall–Kier alpha value is -2.89. The van der Waals surface area contributed by atoms with Crippen molar-refractivity contribution in [2.45, 2.75) is 6.29 Å². The molecule has 4 N–H and O–H groups in total. The van der Waals surface area contributed by atoms with Crippen molar-refractivity contribution < 1.29 is 4.79 Å². The van der Waals surface area contributed by atoms with E-state index in [1.807, 2.05) is 47.4 Å². The van der Waals surface area contributed by atoms with E-state index in [1.54, 1.807) is 0 Å². The second kappa shape index (κ2) is 5.39. The van der Waals surface area contributed by atoms with Crippen LogP contribution in [0, 0.1) is 0 Å². The van der Waals surface area contributed by atoms with Crippen molar-refractivity contribution in [3.8, 4) is 0 Å². The number of para-hydroxylation sites is 1. The van der Waals surface area contributed by atoms with Gasteiger partial charge in [-0.25, -0.2) is 5.43 Å². The topological polar surface area (TPSA) is 70.4 Å². The lowest BCUT2D eigenvalue weighted by Gasteiger charge is -2.38. The molecule has 1 amide bonds. The van der Waals surface area contributed by atoms with Crippen LogP contribution in [0.5, 0.6) is 0 Å². The Morgan fingerprint density at radius 2 is 1.70 bits per heavy atom. The summed E-state index contributed by atoms with van der Waals surface area (Å²) in [4.78, 5) is 14.2. The molecule has 1 aliphatic rings. The number of hydrogen-bond acceptors (Lipinski definition) is 4. The zero-order valence-corrected chi connectivity index (χ0v) is 12.4. The van der Waals surface area contributed by atoms with Crippen LogP contribution < -0.4 is 21.5 Å². The van der Waals surface area contributed by atoms with Gasteiger partial charge in [-0.2, -0.15) is 0 Å². The SMILES string of the molecule is NNC1NC(=O)c2ccccc2N1c1ccc2ccccc2c1. The molecule has 0 aromatic heterocycles. The summed E-state index contributed by atoms with van der Waals surface area (Å²) in [5.41, 5.74) is 5.08. The van der Waals surface area contributed by atoms with E-state index in [1.165, 1.54) is 5.39 Å². The lowest BCUT2D eigenvalue weighted by molar-refractivity contribution is 0.0921. The summed E-state index contributed by atoms with van der Waals surface area (Å²) in [5, 5.41) is 5.17. The Kier molecular flexibility index (Phi) is 3.22. The summed E-state index contributed by atoms with van der Waals surface area (Å²) in [7, 11) is 0. The summed E-state index contributed by atoms with van der Waals surface area (Å²) in [6.07, 6.45) is -0.501. The Balaban J connectivity index is 1.90. The number of carbonyl (C=O) groups is 1. The van der Waals surface area contributed by atoms with Gasteiger partial charge < -0.3 is 10.2 Å². The highest BCUT2D eigenvalue weighted by molar-refractivity contribution is 6.03. The van der Waals surface area contributed by atoms with Crippen molar-refractivity contribution in [2.75, 3.05) is 4.90 Å². The first-order valence-electron chi connectivity index (χ1n) is 7.42. The van der Waals surface area contributed by atoms with Gasteiger partial charge in [-0.3, -0.25) is 10.6 Å². The molecule has 1 unspecified atom stereocenters. The fourth-order valence-corrected chi connectivity index (χ4v) is 3.01. The Bertz CT molecular complexity index is 893. The van der Waals surface area contributed by atoms with Crippen LogP contribution in [0.4, 0.5) is 11.4 Å². The number of rotatable bonds is 2. The van der Waals surface area contributed by atoms with Crippen LogP contribution in [0.15, 0.2) is 66.7 Å². The molecule has 4 rings (SSSR count). The molecule has 23 heavy (non-hydrogen) atoms. The summed E-state index contributed by atoms with van der Waals surface area (Å²) in [5.74, 6) is 5.52. The zero-order valence-electron chi connectivity index (χ0n) is 12.4. The van der Waals surface area contributed by atoms with Gasteiger partial charge in [0.15, 0.2) is 6.29 Å². The van der Waals surface area contributed by atoms with Crippen LogP contribution in [0.3, 0.4) is 0 Å². The highest BCUT2D eigenvalue weighted by Gasteiger charge is 2.30. The van der Waals surface area contributed by atoms with Gasteiger partial charge in [-0.05, 0) is 35.0 Å². The number of nitrogens with zero attached hydrogens (tertiary/aromatic N) is 1. The number of fused-ring (bicyclic) bond motifs is 2. The molecule has 5 nitrogen and oxygen atoms in total. The summed E-state index contributed by atoms with van der Waals surface area (Å²) < 4.78 is 0. The van der Waals surface area contributed by atoms with E-state index in [4.69, 9.17) is 5.84 Å². The zero-order chi connectivity index (χ0) is 15.8. The summed E-state index contributed by atoms with van der Waals surface area (Å²) in [6.45, 7) is 0. The summed E-state index contributed by atoms with van der Waals surface area (Å²) >= 11 is 0. The minimum absolute atomic E-state index is 0.138. The molecule has 0 aliphatic carbocycles. The van der Waals surface area contributed by atoms with Crippen molar-refractivity contribution in [3.05, 3.63) is 72.3 Å². The molecule has 114 valence electrons. The van der Waals surface area contributed by atoms with Crippen molar-refractivity contribution in [1.29, 1.82) is 0 Å². The first-order valence-corrected chi connectivity index (χ1v) is 7.42. The Labute approximate surface area is 133 Å². The van der Waals surface area contributed by atoms with E-state index in [2.05, 4.69) is 35.0 Å². The Morgan fingerprint density at radius 1 is 0.957 bits per heavy atom. The fraction of sp³-hybridized carbons (Fsp3) is 0.0556. The molecule has 0 saturated heterocycles. The lowest BCUT2D eigenvalue weighted by atomic mass is 10.1. The third kappa shape index (κ3) is 2.23. The van der Waals surface area contributed by atoms with E-state index < -0.39 is 6.29 Å². The maximum Gasteiger partial charge on any atom is 0.256 e. The van der Waals surface area contributed by atoms with E-state index in [0.29, 0.717) is 5.56 Å². The number of carbonyl (C=O) groups excluding carboxylic acids is 1. The highest BCUT2D eigenvalue weighted by atomic mass is 16.2. The number of hydrazine groups is 1. The molecule has 1 aliphatic heterocycles. The van der Waals surface area contributed by atoms with Crippen LogP contribution in [-0.2, 0) is 0 Å². The van der Waals surface area contributed by atoms with Crippen molar-refractivity contribution in [3.63, 3.8) is 0 Å². The maximum absolute atomic E-state index is 12.2.